The molecule has 112 valence electrons. The minimum Gasteiger partial charge on any atom is -0.434 e. The zero-order valence-corrected chi connectivity index (χ0v) is 13.2. The number of oxazole rings is 1. The highest BCUT2D eigenvalue weighted by atomic mass is 35.6. The molecule has 5 nitrogen and oxygen atoms in total. The molecule has 0 aliphatic rings. The van der Waals surface area contributed by atoms with Crippen LogP contribution in [0.5, 0.6) is 0 Å². The van der Waals surface area contributed by atoms with Crippen molar-refractivity contribution >= 4 is 57.6 Å². The first-order chi connectivity index (χ1) is 10.4. The molecule has 0 unspecified atom stereocenters. The summed E-state index contributed by atoms with van der Waals surface area (Å²) < 4.78 is 3.59. The lowest BCUT2D eigenvalue weighted by Gasteiger charge is -2.11. The minimum atomic E-state index is -2.03. The van der Waals surface area contributed by atoms with E-state index < -0.39 is 9.70 Å². The quantitative estimate of drug-likeness (QED) is 0.699. The van der Waals surface area contributed by atoms with Gasteiger partial charge in [-0.05, 0) is 30.3 Å². The van der Waals surface area contributed by atoms with Crippen molar-refractivity contribution in [2.45, 2.75) is 3.79 Å². The van der Waals surface area contributed by atoms with E-state index in [1.54, 1.807) is 42.6 Å². The van der Waals surface area contributed by atoms with Crippen molar-refractivity contribution in [3.63, 3.8) is 0 Å². The molecule has 3 aromatic rings. The molecule has 8 heteroatoms. The molecule has 0 fully saturated rings. The monoisotopic (exact) mass is 355 g/mol. The molecule has 0 aliphatic heterocycles. The summed E-state index contributed by atoms with van der Waals surface area (Å²) in [4.78, 5) is 20.1. The van der Waals surface area contributed by atoms with Gasteiger partial charge in [-0.2, -0.15) is 4.98 Å². The van der Waals surface area contributed by atoms with Gasteiger partial charge in [0.25, 0.3) is 9.70 Å². The Labute approximate surface area is 140 Å². The number of pyridine rings is 1. The number of rotatable bonds is 2. The number of halogens is 3. The van der Waals surface area contributed by atoms with Gasteiger partial charge < -0.3 is 9.73 Å². The number of nitrogens with zero attached hydrogens (tertiary/aromatic N) is 2. The second-order valence-corrected chi connectivity index (χ2v) is 6.66. The number of hydrogen-bond acceptors (Lipinski definition) is 4. The predicted octanol–water partition coefficient (Wildman–Crippen LogP) is 4.20. The van der Waals surface area contributed by atoms with E-state index in [0.29, 0.717) is 28.4 Å². The maximum atomic E-state index is 11.7. The summed E-state index contributed by atoms with van der Waals surface area (Å²) in [6, 6.07) is 10.4. The van der Waals surface area contributed by atoms with Crippen molar-refractivity contribution in [1.82, 2.24) is 9.97 Å². The predicted molar refractivity (Wildman–Crippen MR) is 86.2 cm³/mol. The average molecular weight is 357 g/mol. The van der Waals surface area contributed by atoms with E-state index in [2.05, 4.69) is 15.3 Å². The molecular formula is C14H8Cl3N3O2. The zero-order chi connectivity index (χ0) is 15.7. The van der Waals surface area contributed by atoms with Crippen LogP contribution in [0.4, 0.5) is 5.69 Å². The van der Waals surface area contributed by atoms with Crippen molar-refractivity contribution in [2.75, 3.05) is 5.32 Å². The number of nitrogens with one attached hydrogen (secondary N) is 1. The fraction of sp³-hybridized carbons (Fsp3) is 0.0714. The third-order valence-corrected chi connectivity index (χ3v) is 3.30. The Balaban J connectivity index is 1.92. The molecule has 0 saturated heterocycles. The Bertz CT molecular complexity index is 809. The second-order valence-electron chi connectivity index (χ2n) is 4.38. The normalized spacial score (nSPS) is 11.6. The third-order valence-electron chi connectivity index (χ3n) is 2.79. The Morgan fingerprint density at radius 2 is 2.00 bits per heavy atom. The summed E-state index contributed by atoms with van der Waals surface area (Å²) in [5, 5.41) is 2.51. The molecule has 2 heterocycles. The highest BCUT2D eigenvalue weighted by Gasteiger charge is 2.30. The van der Waals surface area contributed by atoms with Gasteiger partial charge in [-0.25, -0.2) is 4.98 Å². The topological polar surface area (TPSA) is 68.0 Å². The first-order valence-electron chi connectivity index (χ1n) is 6.14. The van der Waals surface area contributed by atoms with Gasteiger partial charge >= 0.3 is 0 Å². The van der Waals surface area contributed by atoms with Crippen LogP contribution in [0.2, 0.25) is 0 Å². The maximum absolute atomic E-state index is 11.7. The summed E-state index contributed by atoms with van der Waals surface area (Å²) in [6.07, 6.45) is 1.63. The van der Waals surface area contributed by atoms with E-state index in [-0.39, 0.29) is 0 Å². The molecule has 1 aromatic carbocycles. The second kappa shape index (κ2) is 5.76. The number of amides is 1. The molecule has 0 atom stereocenters. The van der Waals surface area contributed by atoms with Crippen LogP contribution >= 0.6 is 34.8 Å². The van der Waals surface area contributed by atoms with E-state index in [9.17, 15) is 4.79 Å². The number of fused-ring (bicyclic) bond motifs is 1. The Kier molecular flexibility index (Phi) is 3.95. The van der Waals surface area contributed by atoms with E-state index in [1.807, 2.05) is 0 Å². The molecule has 0 bridgehead atoms. The minimum absolute atomic E-state index is 0.388. The molecule has 0 aliphatic carbocycles. The van der Waals surface area contributed by atoms with Crippen LogP contribution in [0.3, 0.4) is 0 Å². The van der Waals surface area contributed by atoms with Crippen LogP contribution in [-0.4, -0.2) is 19.7 Å². The molecule has 0 spiro atoms. The first-order valence-corrected chi connectivity index (χ1v) is 7.27. The Morgan fingerprint density at radius 1 is 1.18 bits per heavy atom. The van der Waals surface area contributed by atoms with E-state index >= 15 is 0 Å². The summed E-state index contributed by atoms with van der Waals surface area (Å²) in [5.74, 6) is -0.354. The molecule has 1 N–H and O–H groups in total. The van der Waals surface area contributed by atoms with Crippen molar-refractivity contribution in [3.05, 3.63) is 42.6 Å². The number of hydrogen-bond donors (Lipinski definition) is 1. The molecule has 3 rings (SSSR count). The number of benzene rings is 1. The van der Waals surface area contributed by atoms with Gasteiger partial charge in [-0.15, -0.1) is 0 Å². The van der Waals surface area contributed by atoms with Gasteiger partial charge in [0.1, 0.15) is 0 Å². The largest absolute Gasteiger partial charge is 0.434 e. The third kappa shape index (κ3) is 3.16. The van der Waals surface area contributed by atoms with Gasteiger partial charge in [0.15, 0.2) is 11.2 Å². The Hall–Kier alpha value is -1.82. The molecule has 22 heavy (non-hydrogen) atoms. The highest BCUT2D eigenvalue weighted by Crippen LogP contribution is 2.29. The van der Waals surface area contributed by atoms with Crippen LogP contribution in [-0.2, 0) is 4.79 Å². The fourth-order valence-corrected chi connectivity index (χ4v) is 1.97. The van der Waals surface area contributed by atoms with Crippen molar-refractivity contribution in [2.24, 2.45) is 0 Å². The Morgan fingerprint density at radius 3 is 2.73 bits per heavy atom. The van der Waals surface area contributed by atoms with Crippen molar-refractivity contribution < 1.29 is 9.21 Å². The first kappa shape index (κ1) is 15.1. The van der Waals surface area contributed by atoms with Gasteiger partial charge in [0.05, 0.1) is 0 Å². The lowest BCUT2D eigenvalue weighted by molar-refractivity contribution is -0.115. The highest BCUT2D eigenvalue weighted by molar-refractivity contribution is 6.76. The lowest BCUT2D eigenvalue weighted by atomic mass is 10.2. The zero-order valence-electron chi connectivity index (χ0n) is 10.9. The van der Waals surface area contributed by atoms with Crippen LogP contribution < -0.4 is 5.32 Å². The number of carbonyl (C=O) groups excluding carboxylic acids is 1. The van der Waals surface area contributed by atoms with Crippen LogP contribution in [0.25, 0.3) is 22.7 Å². The number of carbonyl (C=O) groups is 1. The van der Waals surface area contributed by atoms with Gasteiger partial charge in [-0.3, -0.25) is 4.79 Å². The SMILES string of the molecule is O=C(Nc1cccc(-c2nc3ncccc3o2)c1)C(Cl)(Cl)Cl. The summed E-state index contributed by atoms with van der Waals surface area (Å²) in [7, 11) is 0. The number of alkyl halides is 3. The molecule has 0 saturated carbocycles. The van der Waals surface area contributed by atoms with Crippen LogP contribution in [0.15, 0.2) is 47.0 Å². The standard InChI is InChI=1S/C14H8Cl3N3O2/c15-14(16,17)13(21)19-9-4-1-3-8(7-9)12-20-11-10(22-12)5-2-6-18-11/h1-7H,(H,19,21). The summed E-state index contributed by atoms with van der Waals surface area (Å²) in [5.41, 5.74) is 2.21. The molecule has 1 amide bonds. The molecular weight excluding hydrogens is 349 g/mol. The maximum Gasteiger partial charge on any atom is 0.276 e. The van der Waals surface area contributed by atoms with Crippen molar-refractivity contribution in [1.29, 1.82) is 0 Å². The van der Waals surface area contributed by atoms with Gasteiger partial charge in [0.2, 0.25) is 5.89 Å². The lowest BCUT2D eigenvalue weighted by Crippen LogP contribution is -2.26. The van der Waals surface area contributed by atoms with E-state index in [1.165, 1.54) is 0 Å². The van der Waals surface area contributed by atoms with Crippen LogP contribution in [0.1, 0.15) is 0 Å². The smallest absolute Gasteiger partial charge is 0.276 e. The number of aromatic nitrogens is 2. The van der Waals surface area contributed by atoms with Crippen molar-refractivity contribution in [3.8, 4) is 11.5 Å². The van der Waals surface area contributed by atoms with Crippen LogP contribution in [0, 0.1) is 0 Å². The molecule has 0 radical (unpaired) electrons. The average Bonchev–Trinajstić information content (AvgIpc) is 2.90. The molecule has 2 aromatic heterocycles. The fourth-order valence-electron chi connectivity index (χ4n) is 1.82. The van der Waals surface area contributed by atoms with E-state index in [0.717, 1.165) is 0 Å². The van der Waals surface area contributed by atoms with E-state index in [4.69, 9.17) is 39.2 Å². The number of anilines is 1. The van der Waals surface area contributed by atoms with Gasteiger partial charge in [0, 0.05) is 17.4 Å². The van der Waals surface area contributed by atoms with Gasteiger partial charge in [-0.1, -0.05) is 40.9 Å². The summed E-state index contributed by atoms with van der Waals surface area (Å²) in [6.45, 7) is 0. The summed E-state index contributed by atoms with van der Waals surface area (Å²) >= 11 is 16.6.